The number of aromatic nitrogens is 5. The largest absolute Gasteiger partial charge is 0.351 e. The van der Waals surface area contributed by atoms with E-state index < -0.39 is 0 Å². The van der Waals surface area contributed by atoms with Crippen molar-refractivity contribution in [3.8, 4) is 0 Å². The lowest BCUT2D eigenvalue weighted by atomic mass is 10.2. The second kappa shape index (κ2) is 4.72. The summed E-state index contributed by atoms with van der Waals surface area (Å²) in [6.07, 6.45) is 4.50. The van der Waals surface area contributed by atoms with Gasteiger partial charge in [-0.3, -0.25) is 5.10 Å². The van der Waals surface area contributed by atoms with Crippen LogP contribution in [0.4, 0.5) is 5.95 Å². The van der Waals surface area contributed by atoms with E-state index in [4.69, 9.17) is 0 Å². The molecule has 3 aromatic heterocycles. The molecule has 6 heteroatoms. The van der Waals surface area contributed by atoms with E-state index in [2.05, 4.69) is 37.4 Å². The lowest BCUT2D eigenvalue weighted by Gasteiger charge is -2.11. The zero-order chi connectivity index (χ0) is 13.2. The van der Waals surface area contributed by atoms with Gasteiger partial charge in [0, 0.05) is 35.9 Å². The van der Waals surface area contributed by atoms with E-state index in [1.807, 2.05) is 31.5 Å². The van der Waals surface area contributed by atoms with Crippen molar-refractivity contribution in [3.63, 3.8) is 0 Å². The molecular formula is C13H16N6. The van der Waals surface area contributed by atoms with Crippen LogP contribution in [0.1, 0.15) is 18.3 Å². The summed E-state index contributed by atoms with van der Waals surface area (Å²) in [6.45, 7) is 4.09. The number of nitrogens with one attached hydrogen (secondary N) is 3. The summed E-state index contributed by atoms with van der Waals surface area (Å²) in [5.41, 5.74) is 2.96. The first-order valence-electron chi connectivity index (χ1n) is 6.28. The molecule has 0 fully saturated rings. The molecule has 1 unspecified atom stereocenters. The van der Waals surface area contributed by atoms with Crippen molar-refractivity contribution in [1.29, 1.82) is 0 Å². The summed E-state index contributed by atoms with van der Waals surface area (Å²) in [6, 6.07) is 4.22. The number of anilines is 1. The van der Waals surface area contributed by atoms with E-state index in [-0.39, 0.29) is 6.04 Å². The third-order valence-electron chi connectivity index (χ3n) is 2.95. The first kappa shape index (κ1) is 11.7. The summed E-state index contributed by atoms with van der Waals surface area (Å²) in [7, 11) is 0. The minimum atomic E-state index is 0.218. The molecular weight excluding hydrogens is 240 g/mol. The fourth-order valence-corrected chi connectivity index (χ4v) is 2.07. The Hall–Kier alpha value is -2.37. The molecule has 3 heterocycles. The number of rotatable bonds is 4. The molecule has 3 aromatic rings. The number of aromatic amines is 2. The average Bonchev–Trinajstić information content (AvgIpc) is 2.97. The van der Waals surface area contributed by atoms with Crippen LogP contribution in [0.2, 0.25) is 0 Å². The van der Waals surface area contributed by atoms with Crippen LogP contribution < -0.4 is 5.32 Å². The summed E-state index contributed by atoms with van der Waals surface area (Å²) >= 11 is 0. The molecule has 0 bridgehead atoms. The standard InChI is InChI=1S/C13H16N6/c1-8(5-11-6-9(2)18-19-11)16-13-15-7-10-3-4-14-12(10)17-13/h3-4,6-8H,5H2,1-2H3,(H,18,19)(H2,14,15,16,17). The maximum atomic E-state index is 4.42. The van der Waals surface area contributed by atoms with Crippen molar-refractivity contribution in [2.45, 2.75) is 26.3 Å². The molecule has 0 aromatic carbocycles. The van der Waals surface area contributed by atoms with Crippen LogP contribution in [0.5, 0.6) is 0 Å². The van der Waals surface area contributed by atoms with Gasteiger partial charge >= 0.3 is 0 Å². The Morgan fingerprint density at radius 1 is 1.42 bits per heavy atom. The normalized spacial score (nSPS) is 12.7. The van der Waals surface area contributed by atoms with Crippen molar-refractivity contribution >= 4 is 17.0 Å². The molecule has 0 aliphatic rings. The molecule has 1 atom stereocenters. The van der Waals surface area contributed by atoms with Gasteiger partial charge in [0.05, 0.1) is 5.69 Å². The van der Waals surface area contributed by atoms with Gasteiger partial charge in [0.25, 0.3) is 0 Å². The predicted octanol–water partition coefficient (Wildman–Crippen LogP) is 2.03. The Morgan fingerprint density at radius 3 is 3.11 bits per heavy atom. The number of hydrogen-bond acceptors (Lipinski definition) is 4. The second-order valence-electron chi connectivity index (χ2n) is 4.77. The lowest BCUT2D eigenvalue weighted by molar-refractivity contribution is 0.755. The Kier molecular flexibility index (Phi) is 2.91. The van der Waals surface area contributed by atoms with E-state index >= 15 is 0 Å². The second-order valence-corrected chi connectivity index (χ2v) is 4.77. The molecule has 0 aliphatic carbocycles. The topological polar surface area (TPSA) is 82.3 Å². The smallest absolute Gasteiger partial charge is 0.224 e. The zero-order valence-corrected chi connectivity index (χ0v) is 10.9. The van der Waals surface area contributed by atoms with Gasteiger partial charge in [0.2, 0.25) is 5.95 Å². The summed E-state index contributed by atoms with van der Waals surface area (Å²) < 4.78 is 0. The van der Waals surface area contributed by atoms with Crippen LogP contribution in [0, 0.1) is 6.92 Å². The average molecular weight is 256 g/mol. The van der Waals surface area contributed by atoms with Crippen LogP contribution in [-0.4, -0.2) is 31.2 Å². The summed E-state index contributed by atoms with van der Waals surface area (Å²) in [4.78, 5) is 11.8. The third kappa shape index (κ3) is 2.57. The lowest BCUT2D eigenvalue weighted by Crippen LogP contribution is -2.19. The van der Waals surface area contributed by atoms with E-state index in [0.717, 1.165) is 28.8 Å². The van der Waals surface area contributed by atoms with Crippen molar-refractivity contribution in [2.75, 3.05) is 5.32 Å². The van der Waals surface area contributed by atoms with Crippen molar-refractivity contribution in [1.82, 2.24) is 25.1 Å². The minimum absolute atomic E-state index is 0.218. The fraction of sp³-hybridized carbons (Fsp3) is 0.308. The Morgan fingerprint density at radius 2 is 2.32 bits per heavy atom. The molecule has 0 saturated heterocycles. The molecule has 0 saturated carbocycles. The van der Waals surface area contributed by atoms with Gasteiger partial charge < -0.3 is 10.3 Å². The fourth-order valence-electron chi connectivity index (χ4n) is 2.07. The minimum Gasteiger partial charge on any atom is -0.351 e. The maximum absolute atomic E-state index is 4.42. The van der Waals surface area contributed by atoms with Gasteiger partial charge in [-0.15, -0.1) is 0 Å². The Bertz CT molecular complexity index is 683. The monoisotopic (exact) mass is 256 g/mol. The third-order valence-corrected chi connectivity index (χ3v) is 2.95. The molecule has 0 amide bonds. The molecule has 3 N–H and O–H groups in total. The number of fused-ring (bicyclic) bond motifs is 1. The first-order chi connectivity index (χ1) is 9.20. The van der Waals surface area contributed by atoms with Crippen molar-refractivity contribution in [2.24, 2.45) is 0 Å². The van der Waals surface area contributed by atoms with Crippen molar-refractivity contribution in [3.05, 3.63) is 35.9 Å². The summed E-state index contributed by atoms with van der Waals surface area (Å²) in [5.74, 6) is 0.634. The first-order valence-corrected chi connectivity index (χ1v) is 6.28. The number of hydrogen-bond donors (Lipinski definition) is 3. The van der Waals surface area contributed by atoms with Gasteiger partial charge in [-0.25, -0.2) is 4.98 Å². The number of aryl methyl sites for hydroxylation is 1. The zero-order valence-electron chi connectivity index (χ0n) is 10.9. The highest BCUT2D eigenvalue weighted by Crippen LogP contribution is 2.11. The van der Waals surface area contributed by atoms with E-state index in [1.165, 1.54) is 0 Å². The predicted molar refractivity (Wildman–Crippen MR) is 74.0 cm³/mol. The quantitative estimate of drug-likeness (QED) is 0.667. The van der Waals surface area contributed by atoms with Gasteiger partial charge in [-0.2, -0.15) is 10.1 Å². The molecule has 0 aliphatic heterocycles. The highest BCUT2D eigenvalue weighted by Gasteiger charge is 2.08. The van der Waals surface area contributed by atoms with Crippen LogP contribution >= 0.6 is 0 Å². The van der Waals surface area contributed by atoms with E-state index in [1.54, 1.807) is 0 Å². The van der Waals surface area contributed by atoms with Gasteiger partial charge in [-0.1, -0.05) is 0 Å². The molecule has 19 heavy (non-hydrogen) atoms. The molecule has 3 rings (SSSR count). The highest BCUT2D eigenvalue weighted by molar-refractivity contribution is 5.75. The van der Waals surface area contributed by atoms with Gasteiger partial charge in [0.15, 0.2) is 0 Å². The Balaban J connectivity index is 1.69. The molecule has 0 spiro atoms. The van der Waals surface area contributed by atoms with Crippen molar-refractivity contribution < 1.29 is 0 Å². The summed E-state index contributed by atoms with van der Waals surface area (Å²) in [5, 5.41) is 11.5. The van der Waals surface area contributed by atoms with Crippen LogP contribution in [0.25, 0.3) is 11.0 Å². The van der Waals surface area contributed by atoms with E-state index in [0.29, 0.717) is 5.95 Å². The van der Waals surface area contributed by atoms with Crippen LogP contribution in [0.15, 0.2) is 24.5 Å². The van der Waals surface area contributed by atoms with Gasteiger partial charge in [-0.05, 0) is 26.0 Å². The molecule has 0 radical (unpaired) electrons. The Labute approximate surface area is 110 Å². The van der Waals surface area contributed by atoms with Crippen LogP contribution in [-0.2, 0) is 6.42 Å². The SMILES string of the molecule is Cc1cc(CC(C)Nc2ncc3cc[nH]c3n2)n[nH]1. The van der Waals surface area contributed by atoms with Crippen LogP contribution in [0.3, 0.4) is 0 Å². The van der Waals surface area contributed by atoms with Gasteiger partial charge in [0.1, 0.15) is 5.65 Å². The molecule has 6 nitrogen and oxygen atoms in total. The maximum Gasteiger partial charge on any atom is 0.224 e. The number of H-pyrrole nitrogens is 2. The molecule has 98 valence electrons. The van der Waals surface area contributed by atoms with E-state index in [9.17, 15) is 0 Å². The highest BCUT2D eigenvalue weighted by atomic mass is 15.1. The number of nitrogens with zero attached hydrogens (tertiary/aromatic N) is 3.